The van der Waals surface area contributed by atoms with Crippen LogP contribution in [0.3, 0.4) is 0 Å². The predicted octanol–water partition coefficient (Wildman–Crippen LogP) is 4.50. The fourth-order valence-electron chi connectivity index (χ4n) is 2.94. The Morgan fingerprint density at radius 3 is 2.63 bits per heavy atom. The summed E-state index contributed by atoms with van der Waals surface area (Å²) in [5, 5.41) is 12.4. The average molecular weight is 256 g/mol. The molecule has 102 valence electrons. The summed E-state index contributed by atoms with van der Waals surface area (Å²) < 4.78 is 0. The van der Waals surface area contributed by atoms with Gasteiger partial charge in [0.2, 0.25) is 0 Å². The summed E-state index contributed by atoms with van der Waals surface area (Å²) in [5.74, 6) is 1.84. The number of anilines is 1. The van der Waals surface area contributed by atoms with Gasteiger partial charge in [-0.25, -0.2) is 0 Å². The molecule has 1 N–H and O–H groups in total. The van der Waals surface area contributed by atoms with Crippen LogP contribution in [0, 0.1) is 30.1 Å². The zero-order chi connectivity index (χ0) is 13.7. The van der Waals surface area contributed by atoms with Gasteiger partial charge in [-0.1, -0.05) is 32.6 Å². The second-order valence-corrected chi connectivity index (χ2v) is 5.98. The van der Waals surface area contributed by atoms with Crippen LogP contribution in [0.25, 0.3) is 0 Å². The monoisotopic (exact) mass is 256 g/mol. The molecule has 0 atom stereocenters. The van der Waals surface area contributed by atoms with E-state index in [4.69, 9.17) is 5.26 Å². The van der Waals surface area contributed by atoms with Crippen LogP contribution in [0.15, 0.2) is 18.2 Å². The highest BCUT2D eigenvalue weighted by molar-refractivity contribution is 5.51. The SMILES string of the molecule is Cc1cc(NCCC2CCC(C)CC2)ccc1C#N. The molecule has 19 heavy (non-hydrogen) atoms. The van der Waals surface area contributed by atoms with Gasteiger partial charge in [-0.3, -0.25) is 0 Å². The van der Waals surface area contributed by atoms with Crippen molar-refractivity contribution in [3.63, 3.8) is 0 Å². The number of hydrogen-bond donors (Lipinski definition) is 1. The Bertz CT molecular complexity index is 451. The summed E-state index contributed by atoms with van der Waals surface area (Å²) in [6, 6.07) is 8.19. The fraction of sp³-hybridized carbons (Fsp3) is 0.588. The normalized spacial score (nSPS) is 22.8. The number of benzene rings is 1. The maximum absolute atomic E-state index is 8.91. The molecule has 0 saturated heterocycles. The lowest BCUT2D eigenvalue weighted by Gasteiger charge is -2.26. The first-order valence-corrected chi connectivity index (χ1v) is 7.43. The topological polar surface area (TPSA) is 35.8 Å². The van der Waals surface area contributed by atoms with Crippen LogP contribution < -0.4 is 5.32 Å². The van der Waals surface area contributed by atoms with Gasteiger partial charge in [-0.05, 0) is 48.9 Å². The highest BCUT2D eigenvalue weighted by Gasteiger charge is 2.17. The van der Waals surface area contributed by atoms with Crippen molar-refractivity contribution in [3.05, 3.63) is 29.3 Å². The molecule has 0 aliphatic heterocycles. The lowest BCUT2D eigenvalue weighted by Crippen LogP contribution is -2.15. The van der Waals surface area contributed by atoms with E-state index < -0.39 is 0 Å². The van der Waals surface area contributed by atoms with E-state index in [-0.39, 0.29) is 0 Å². The molecule has 1 aliphatic rings. The van der Waals surface area contributed by atoms with Gasteiger partial charge in [0, 0.05) is 12.2 Å². The van der Waals surface area contributed by atoms with Gasteiger partial charge in [-0.2, -0.15) is 5.26 Å². The zero-order valence-corrected chi connectivity index (χ0v) is 12.1. The Morgan fingerprint density at radius 2 is 2.00 bits per heavy atom. The molecule has 2 nitrogen and oxygen atoms in total. The lowest BCUT2D eigenvalue weighted by molar-refractivity contribution is 0.282. The predicted molar refractivity (Wildman–Crippen MR) is 80.1 cm³/mol. The smallest absolute Gasteiger partial charge is 0.0994 e. The Kier molecular flexibility index (Phi) is 4.85. The van der Waals surface area contributed by atoms with Gasteiger partial charge in [-0.15, -0.1) is 0 Å². The minimum Gasteiger partial charge on any atom is -0.385 e. The molecule has 1 saturated carbocycles. The van der Waals surface area contributed by atoms with E-state index in [1.807, 2.05) is 19.1 Å². The molecule has 2 heteroatoms. The first-order valence-electron chi connectivity index (χ1n) is 7.43. The molecule has 0 unspecified atom stereocenters. The van der Waals surface area contributed by atoms with Crippen molar-refractivity contribution in [2.24, 2.45) is 11.8 Å². The standard InChI is InChI=1S/C17H24N2/c1-13-3-5-15(6-4-13)9-10-19-17-8-7-16(12-18)14(2)11-17/h7-8,11,13,15,19H,3-6,9-10H2,1-2H3. The van der Waals surface area contributed by atoms with Crippen molar-refractivity contribution < 1.29 is 0 Å². The van der Waals surface area contributed by atoms with Gasteiger partial charge < -0.3 is 5.32 Å². The molecule has 1 aliphatic carbocycles. The van der Waals surface area contributed by atoms with Crippen molar-refractivity contribution in [1.82, 2.24) is 0 Å². The van der Waals surface area contributed by atoms with Crippen LogP contribution in [-0.4, -0.2) is 6.54 Å². The van der Waals surface area contributed by atoms with Crippen LogP contribution in [0.1, 0.15) is 50.2 Å². The van der Waals surface area contributed by atoms with Crippen LogP contribution in [0.2, 0.25) is 0 Å². The minimum absolute atomic E-state index is 0.770. The third-order valence-corrected chi connectivity index (χ3v) is 4.36. The molecule has 0 bridgehead atoms. The van der Waals surface area contributed by atoms with Gasteiger partial charge in [0.05, 0.1) is 11.6 Å². The van der Waals surface area contributed by atoms with Crippen LogP contribution in [0.4, 0.5) is 5.69 Å². The second kappa shape index (κ2) is 6.61. The van der Waals surface area contributed by atoms with Gasteiger partial charge in [0.25, 0.3) is 0 Å². The molecular formula is C17H24N2. The van der Waals surface area contributed by atoms with Crippen molar-refractivity contribution >= 4 is 5.69 Å². The molecule has 0 aromatic heterocycles. The average Bonchev–Trinajstić information content (AvgIpc) is 2.41. The molecule has 1 aromatic rings. The van der Waals surface area contributed by atoms with E-state index in [1.54, 1.807) is 0 Å². The quantitative estimate of drug-likeness (QED) is 0.861. The number of rotatable bonds is 4. The Labute approximate surface area is 116 Å². The minimum atomic E-state index is 0.770. The number of aryl methyl sites for hydroxylation is 1. The Hall–Kier alpha value is -1.49. The summed E-state index contributed by atoms with van der Waals surface area (Å²) >= 11 is 0. The van der Waals surface area contributed by atoms with Crippen molar-refractivity contribution in [1.29, 1.82) is 5.26 Å². The van der Waals surface area contributed by atoms with E-state index in [2.05, 4.69) is 24.4 Å². The first-order chi connectivity index (χ1) is 9.19. The number of hydrogen-bond acceptors (Lipinski definition) is 2. The van der Waals surface area contributed by atoms with Gasteiger partial charge in [0.15, 0.2) is 0 Å². The fourth-order valence-corrected chi connectivity index (χ4v) is 2.94. The number of nitriles is 1. The van der Waals surface area contributed by atoms with E-state index in [0.29, 0.717) is 0 Å². The van der Waals surface area contributed by atoms with E-state index in [9.17, 15) is 0 Å². The largest absolute Gasteiger partial charge is 0.385 e. The van der Waals surface area contributed by atoms with Crippen LogP contribution in [0.5, 0.6) is 0 Å². The van der Waals surface area contributed by atoms with Crippen molar-refractivity contribution in [2.45, 2.75) is 46.0 Å². The summed E-state index contributed by atoms with van der Waals surface area (Å²) in [4.78, 5) is 0. The Morgan fingerprint density at radius 1 is 1.26 bits per heavy atom. The molecule has 0 amide bonds. The van der Waals surface area contributed by atoms with Crippen molar-refractivity contribution in [2.75, 3.05) is 11.9 Å². The van der Waals surface area contributed by atoms with Crippen LogP contribution >= 0.6 is 0 Å². The molecule has 2 rings (SSSR count). The zero-order valence-electron chi connectivity index (χ0n) is 12.1. The molecule has 1 fully saturated rings. The molecule has 0 radical (unpaired) electrons. The maximum Gasteiger partial charge on any atom is 0.0994 e. The van der Waals surface area contributed by atoms with E-state index in [0.717, 1.165) is 35.2 Å². The first kappa shape index (κ1) is 13.9. The molecule has 0 spiro atoms. The summed E-state index contributed by atoms with van der Waals surface area (Å²) in [7, 11) is 0. The molecular weight excluding hydrogens is 232 g/mol. The lowest BCUT2D eigenvalue weighted by atomic mass is 9.81. The second-order valence-electron chi connectivity index (χ2n) is 5.98. The van der Waals surface area contributed by atoms with E-state index >= 15 is 0 Å². The highest BCUT2D eigenvalue weighted by atomic mass is 14.9. The van der Waals surface area contributed by atoms with Gasteiger partial charge in [0.1, 0.15) is 0 Å². The van der Waals surface area contributed by atoms with E-state index in [1.165, 1.54) is 32.1 Å². The Balaban J connectivity index is 1.77. The van der Waals surface area contributed by atoms with Crippen molar-refractivity contribution in [3.8, 4) is 6.07 Å². The third-order valence-electron chi connectivity index (χ3n) is 4.36. The number of nitrogens with one attached hydrogen (secondary N) is 1. The summed E-state index contributed by atoms with van der Waals surface area (Å²) in [6.45, 7) is 5.41. The molecule has 0 heterocycles. The van der Waals surface area contributed by atoms with Crippen LogP contribution in [-0.2, 0) is 0 Å². The highest BCUT2D eigenvalue weighted by Crippen LogP contribution is 2.30. The summed E-state index contributed by atoms with van der Waals surface area (Å²) in [5.41, 5.74) is 2.96. The molecule has 1 aromatic carbocycles. The van der Waals surface area contributed by atoms with Gasteiger partial charge >= 0.3 is 0 Å². The summed E-state index contributed by atoms with van der Waals surface area (Å²) in [6.07, 6.45) is 6.87. The third kappa shape index (κ3) is 3.99. The maximum atomic E-state index is 8.91. The number of nitrogens with zero attached hydrogens (tertiary/aromatic N) is 1.